The highest BCUT2D eigenvalue weighted by Crippen LogP contribution is 2.25. The molecule has 0 saturated heterocycles. The smallest absolute Gasteiger partial charge is 0.317 e. The van der Waals surface area contributed by atoms with E-state index in [-0.39, 0.29) is 18.2 Å². The number of pyridine rings is 1. The van der Waals surface area contributed by atoms with Crippen LogP contribution < -0.4 is 9.61 Å². The highest BCUT2D eigenvalue weighted by Gasteiger charge is 2.19. The van der Waals surface area contributed by atoms with Crippen LogP contribution in [0.3, 0.4) is 0 Å². The first-order valence-corrected chi connectivity index (χ1v) is 11.5. The van der Waals surface area contributed by atoms with Crippen molar-refractivity contribution in [3.05, 3.63) is 74.0 Å². The van der Waals surface area contributed by atoms with Gasteiger partial charge in [0, 0.05) is 31.2 Å². The molecule has 0 aliphatic carbocycles. The SMILES string of the molecule is CCCCC(=O)n1c(O)c(Cc2ccc(OCCc3ccc(CC)cn3)cc2)sc1=O. The van der Waals surface area contributed by atoms with Crippen molar-refractivity contribution in [2.24, 2.45) is 0 Å². The van der Waals surface area contributed by atoms with E-state index in [1.54, 1.807) is 0 Å². The molecular formula is C24H28N2O4S. The number of hydrogen-bond donors (Lipinski definition) is 1. The molecule has 0 atom stereocenters. The fourth-order valence-corrected chi connectivity index (χ4v) is 4.07. The summed E-state index contributed by atoms with van der Waals surface area (Å²) in [7, 11) is 0. The molecule has 0 amide bonds. The minimum absolute atomic E-state index is 0.238. The van der Waals surface area contributed by atoms with Gasteiger partial charge in [-0.25, -0.2) is 4.57 Å². The molecule has 7 heteroatoms. The van der Waals surface area contributed by atoms with E-state index in [9.17, 15) is 14.7 Å². The molecule has 0 aliphatic rings. The first kappa shape index (κ1) is 22.7. The zero-order valence-electron chi connectivity index (χ0n) is 18.0. The summed E-state index contributed by atoms with van der Waals surface area (Å²) in [4.78, 5) is 28.8. The molecule has 0 fully saturated rings. The number of benzene rings is 1. The van der Waals surface area contributed by atoms with Gasteiger partial charge in [-0.15, -0.1) is 0 Å². The highest BCUT2D eigenvalue weighted by molar-refractivity contribution is 7.09. The molecule has 0 bridgehead atoms. The average molecular weight is 441 g/mol. The number of aromatic nitrogens is 2. The molecule has 0 radical (unpaired) electrons. The van der Waals surface area contributed by atoms with E-state index >= 15 is 0 Å². The standard InChI is InChI=1S/C24H28N2O4S/c1-3-5-6-22(27)26-23(28)21(31-24(26)29)15-18-8-11-20(12-9-18)30-14-13-19-10-7-17(4-2)16-25-19/h7-12,16,28H,3-6,13-15H2,1-2H3. The number of rotatable bonds is 10. The van der Waals surface area contributed by atoms with E-state index in [0.717, 1.165) is 52.2 Å². The van der Waals surface area contributed by atoms with Gasteiger partial charge in [0.1, 0.15) is 5.75 Å². The lowest BCUT2D eigenvalue weighted by molar-refractivity contribution is 0.0887. The van der Waals surface area contributed by atoms with Crippen molar-refractivity contribution in [1.82, 2.24) is 9.55 Å². The normalized spacial score (nSPS) is 10.9. The second-order valence-corrected chi connectivity index (χ2v) is 8.42. The number of ether oxygens (including phenoxy) is 1. The molecule has 31 heavy (non-hydrogen) atoms. The molecule has 6 nitrogen and oxygen atoms in total. The average Bonchev–Trinajstić information content (AvgIpc) is 3.06. The van der Waals surface area contributed by atoms with Crippen molar-refractivity contribution in [1.29, 1.82) is 0 Å². The van der Waals surface area contributed by atoms with Gasteiger partial charge in [0.15, 0.2) is 0 Å². The predicted molar refractivity (Wildman–Crippen MR) is 122 cm³/mol. The predicted octanol–water partition coefficient (Wildman–Crippen LogP) is 4.62. The Morgan fingerprint density at radius 1 is 1.13 bits per heavy atom. The number of nitrogens with zero attached hydrogens (tertiary/aromatic N) is 2. The molecule has 1 N–H and O–H groups in total. The van der Waals surface area contributed by atoms with Gasteiger partial charge in [0.2, 0.25) is 11.8 Å². The van der Waals surface area contributed by atoms with Crippen molar-refractivity contribution >= 4 is 17.2 Å². The lowest BCUT2D eigenvalue weighted by Gasteiger charge is -2.07. The molecule has 2 aromatic heterocycles. The van der Waals surface area contributed by atoms with Gasteiger partial charge in [-0.1, -0.05) is 49.8 Å². The van der Waals surface area contributed by atoms with Gasteiger partial charge in [0.05, 0.1) is 11.5 Å². The van der Waals surface area contributed by atoms with Crippen molar-refractivity contribution in [3.63, 3.8) is 0 Å². The topological polar surface area (TPSA) is 81.4 Å². The maximum Gasteiger partial charge on any atom is 0.317 e. The number of hydrogen-bond acceptors (Lipinski definition) is 6. The second kappa shape index (κ2) is 10.9. The van der Waals surface area contributed by atoms with Crippen LogP contribution in [0.5, 0.6) is 11.6 Å². The van der Waals surface area contributed by atoms with Crippen LogP contribution in [-0.4, -0.2) is 27.2 Å². The number of thiazole rings is 1. The van der Waals surface area contributed by atoms with Gasteiger partial charge in [-0.05, 0) is 42.2 Å². The number of carbonyl (C=O) groups excluding carboxylic acids is 1. The minimum atomic E-state index is -0.436. The summed E-state index contributed by atoms with van der Waals surface area (Å²) < 4.78 is 6.70. The maximum atomic E-state index is 12.2. The molecule has 1 aromatic carbocycles. The van der Waals surface area contributed by atoms with E-state index in [4.69, 9.17) is 4.74 Å². The summed E-state index contributed by atoms with van der Waals surface area (Å²) >= 11 is 0.914. The van der Waals surface area contributed by atoms with Crippen LogP contribution >= 0.6 is 11.3 Å². The Kier molecular flexibility index (Phi) is 8.00. The zero-order chi connectivity index (χ0) is 22.2. The number of carbonyl (C=O) groups is 1. The summed E-state index contributed by atoms with van der Waals surface area (Å²) in [5.74, 6) is 0.158. The number of aryl methyl sites for hydroxylation is 1. The Bertz CT molecular complexity index is 1050. The Morgan fingerprint density at radius 2 is 1.87 bits per heavy atom. The van der Waals surface area contributed by atoms with Crippen LogP contribution in [0, 0.1) is 0 Å². The zero-order valence-corrected chi connectivity index (χ0v) is 18.8. The van der Waals surface area contributed by atoms with Crippen LogP contribution in [0.15, 0.2) is 47.4 Å². The van der Waals surface area contributed by atoms with E-state index in [1.165, 1.54) is 5.56 Å². The number of aromatic hydroxyl groups is 1. The van der Waals surface area contributed by atoms with Crippen LogP contribution in [0.2, 0.25) is 0 Å². The fourth-order valence-electron chi connectivity index (χ4n) is 3.16. The van der Waals surface area contributed by atoms with Crippen molar-refractivity contribution in [2.75, 3.05) is 6.61 Å². The molecule has 2 heterocycles. The van der Waals surface area contributed by atoms with Crippen LogP contribution in [0.25, 0.3) is 0 Å². The fraction of sp³-hybridized carbons (Fsp3) is 0.375. The highest BCUT2D eigenvalue weighted by atomic mass is 32.1. The molecule has 3 rings (SSSR count). The molecule has 0 unspecified atom stereocenters. The van der Waals surface area contributed by atoms with Crippen molar-refractivity contribution in [2.45, 2.75) is 52.4 Å². The van der Waals surface area contributed by atoms with Crippen molar-refractivity contribution < 1.29 is 14.6 Å². The summed E-state index contributed by atoms with van der Waals surface area (Å²) in [6.45, 7) is 4.61. The minimum Gasteiger partial charge on any atom is -0.493 e. The Hall–Kier alpha value is -2.93. The molecule has 3 aromatic rings. The van der Waals surface area contributed by atoms with Crippen molar-refractivity contribution in [3.8, 4) is 11.6 Å². The summed E-state index contributed by atoms with van der Waals surface area (Å²) in [5, 5.41) is 10.4. The Labute approximate surface area is 186 Å². The molecule has 0 aliphatic heterocycles. The van der Waals surface area contributed by atoms with E-state index in [0.29, 0.717) is 24.3 Å². The summed E-state index contributed by atoms with van der Waals surface area (Å²) in [5.41, 5.74) is 3.14. The van der Waals surface area contributed by atoms with Gasteiger partial charge >= 0.3 is 4.87 Å². The lowest BCUT2D eigenvalue weighted by atomic mass is 10.1. The molecular weight excluding hydrogens is 412 g/mol. The van der Waals surface area contributed by atoms with Gasteiger partial charge in [0.25, 0.3) is 0 Å². The maximum absolute atomic E-state index is 12.2. The van der Waals surface area contributed by atoms with Gasteiger partial charge in [-0.2, -0.15) is 0 Å². The number of unbranched alkanes of at least 4 members (excludes halogenated alkanes) is 1. The van der Waals surface area contributed by atoms with E-state index in [1.807, 2.05) is 43.5 Å². The third kappa shape index (κ3) is 6.04. The molecule has 164 valence electrons. The van der Waals surface area contributed by atoms with Gasteiger partial charge < -0.3 is 9.84 Å². The van der Waals surface area contributed by atoms with Crippen LogP contribution in [0.1, 0.15) is 59.6 Å². The summed E-state index contributed by atoms with van der Waals surface area (Å²) in [6.07, 6.45) is 5.79. The molecule has 0 spiro atoms. The van der Waals surface area contributed by atoms with E-state index < -0.39 is 4.87 Å². The first-order chi connectivity index (χ1) is 15.0. The monoisotopic (exact) mass is 440 g/mol. The summed E-state index contributed by atoms with van der Waals surface area (Å²) in [6, 6.07) is 11.7. The van der Waals surface area contributed by atoms with Crippen LogP contribution in [-0.2, 0) is 19.3 Å². The Morgan fingerprint density at radius 3 is 2.52 bits per heavy atom. The van der Waals surface area contributed by atoms with E-state index in [2.05, 4.69) is 18.0 Å². The lowest BCUT2D eigenvalue weighted by Crippen LogP contribution is -2.20. The Balaban J connectivity index is 1.56. The third-order valence-corrected chi connectivity index (χ3v) is 5.99. The first-order valence-electron chi connectivity index (χ1n) is 10.6. The van der Waals surface area contributed by atoms with Gasteiger partial charge in [-0.3, -0.25) is 14.6 Å². The third-order valence-electron chi connectivity index (χ3n) is 5.06. The van der Waals surface area contributed by atoms with Crippen LogP contribution in [0.4, 0.5) is 0 Å². The molecule has 0 saturated carbocycles. The quantitative estimate of drug-likeness (QED) is 0.498. The largest absolute Gasteiger partial charge is 0.493 e. The second-order valence-electron chi connectivity index (χ2n) is 7.38.